The fraction of sp³-hybridized carbons (Fsp3) is 0.304. The number of hydrogen-bond donors (Lipinski definition) is 0. The third kappa shape index (κ3) is 3.35. The molecule has 29 heavy (non-hydrogen) atoms. The molecule has 1 aliphatic heterocycles. The lowest BCUT2D eigenvalue weighted by Crippen LogP contribution is -2.30. The van der Waals surface area contributed by atoms with Crippen molar-refractivity contribution in [3.63, 3.8) is 0 Å². The molecule has 2 aromatic rings. The summed E-state index contributed by atoms with van der Waals surface area (Å²) in [6.07, 6.45) is 1.86. The first-order valence-electron chi connectivity index (χ1n) is 9.70. The number of hydrogen-bond acceptors (Lipinski definition) is 5. The molecule has 1 fully saturated rings. The summed E-state index contributed by atoms with van der Waals surface area (Å²) in [5.74, 6) is -1.61. The molecule has 4 rings (SSSR count). The van der Waals surface area contributed by atoms with Gasteiger partial charge in [-0.15, -0.1) is 0 Å². The normalized spacial score (nSPS) is 18.8. The maximum Gasteiger partial charge on any atom is 0.338 e. The van der Waals surface area contributed by atoms with Gasteiger partial charge in [0.2, 0.25) is 0 Å². The summed E-state index contributed by atoms with van der Waals surface area (Å²) >= 11 is 0. The first-order chi connectivity index (χ1) is 13.9. The van der Waals surface area contributed by atoms with E-state index in [9.17, 15) is 19.2 Å². The Morgan fingerprint density at radius 2 is 1.72 bits per heavy atom. The van der Waals surface area contributed by atoms with Crippen LogP contribution in [0.5, 0.6) is 0 Å². The highest BCUT2D eigenvalue weighted by Gasteiger charge is 2.38. The quantitative estimate of drug-likeness (QED) is 0.588. The van der Waals surface area contributed by atoms with Crippen molar-refractivity contribution in [2.45, 2.75) is 45.6 Å². The molecule has 1 heterocycles. The van der Waals surface area contributed by atoms with Gasteiger partial charge in [-0.05, 0) is 68.5 Å². The zero-order valence-corrected chi connectivity index (χ0v) is 16.4. The van der Waals surface area contributed by atoms with Gasteiger partial charge in [0.1, 0.15) is 0 Å². The van der Waals surface area contributed by atoms with E-state index < -0.39 is 23.9 Å². The van der Waals surface area contributed by atoms with E-state index in [1.165, 1.54) is 18.2 Å². The molecule has 0 N–H and O–H groups in total. The fourth-order valence-electron chi connectivity index (χ4n) is 3.82. The van der Waals surface area contributed by atoms with Crippen LogP contribution in [0.2, 0.25) is 0 Å². The number of amides is 2. The number of carbonyl (C=O) groups is 4. The minimum absolute atomic E-state index is 0.0712. The van der Waals surface area contributed by atoms with Crippen molar-refractivity contribution < 1.29 is 23.9 Å². The lowest BCUT2D eigenvalue weighted by Gasteiger charge is -2.20. The Balaban J connectivity index is 1.62. The summed E-state index contributed by atoms with van der Waals surface area (Å²) in [5, 5.41) is 0. The van der Waals surface area contributed by atoms with Crippen LogP contribution < -0.4 is 4.90 Å². The van der Waals surface area contributed by atoms with Crippen molar-refractivity contribution in [3.05, 3.63) is 64.2 Å². The van der Waals surface area contributed by atoms with Crippen LogP contribution >= 0.6 is 0 Å². The molecular formula is C23H21NO5. The van der Waals surface area contributed by atoms with E-state index >= 15 is 0 Å². The van der Waals surface area contributed by atoms with Gasteiger partial charge in [0.05, 0.1) is 22.4 Å². The molecule has 0 saturated heterocycles. The number of ketones is 1. The summed E-state index contributed by atoms with van der Waals surface area (Å²) in [6, 6.07) is 9.89. The van der Waals surface area contributed by atoms with E-state index in [0.717, 1.165) is 28.9 Å². The minimum Gasteiger partial charge on any atom is -0.451 e. The van der Waals surface area contributed by atoms with E-state index in [2.05, 4.69) is 0 Å². The van der Waals surface area contributed by atoms with Crippen LogP contribution in [0.15, 0.2) is 36.4 Å². The molecule has 0 unspecified atom stereocenters. The van der Waals surface area contributed by atoms with Crippen LogP contribution in [0.3, 0.4) is 0 Å². The largest absolute Gasteiger partial charge is 0.451 e. The zero-order chi connectivity index (χ0) is 20.7. The number of benzene rings is 2. The first-order valence-corrected chi connectivity index (χ1v) is 9.70. The number of Topliss-reactive ketones (excluding diaryl/α,β-unsaturated/α-hetero) is 1. The van der Waals surface area contributed by atoms with Gasteiger partial charge in [0.15, 0.2) is 11.9 Å². The van der Waals surface area contributed by atoms with Crippen molar-refractivity contribution in [3.8, 4) is 0 Å². The van der Waals surface area contributed by atoms with Gasteiger partial charge < -0.3 is 4.74 Å². The maximum absolute atomic E-state index is 13.0. The molecule has 1 saturated carbocycles. The number of imide groups is 1. The van der Waals surface area contributed by atoms with Crippen molar-refractivity contribution >= 4 is 29.3 Å². The van der Waals surface area contributed by atoms with Gasteiger partial charge in [-0.25, -0.2) is 9.69 Å². The van der Waals surface area contributed by atoms with Crippen LogP contribution in [-0.4, -0.2) is 29.7 Å². The van der Waals surface area contributed by atoms with Gasteiger partial charge in [-0.1, -0.05) is 12.1 Å². The molecule has 148 valence electrons. The van der Waals surface area contributed by atoms with Crippen molar-refractivity contribution in [2.75, 3.05) is 4.90 Å². The number of anilines is 1. The van der Waals surface area contributed by atoms with E-state index in [1.54, 1.807) is 6.07 Å². The molecule has 0 spiro atoms. The van der Waals surface area contributed by atoms with Crippen LogP contribution in [0.4, 0.5) is 5.69 Å². The monoisotopic (exact) mass is 391 g/mol. The van der Waals surface area contributed by atoms with Crippen LogP contribution in [0.25, 0.3) is 0 Å². The Bertz CT molecular complexity index is 1060. The average molecular weight is 391 g/mol. The van der Waals surface area contributed by atoms with E-state index in [4.69, 9.17) is 4.74 Å². The molecule has 0 bridgehead atoms. The topological polar surface area (TPSA) is 80.8 Å². The summed E-state index contributed by atoms with van der Waals surface area (Å²) in [5.41, 5.74) is 2.85. The highest BCUT2D eigenvalue weighted by atomic mass is 16.5. The number of aryl methyl sites for hydroxylation is 2. The molecule has 1 aliphatic carbocycles. The Hall–Kier alpha value is -3.28. The molecule has 0 radical (unpaired) electrons. The fourth-order valence-corrected chi connectivity index (χ4v) is 3.82. The zero-order valence-electron chi connectivity index (χ0n) is 16.4. The second-order valence-corrected chi connectivity index (χ2v) is 7.60. The van der Waals surface area contributed by atoms with E-state index in [1.807, 2.05) is 26.0 Å². The number of carbonyl (C=O) groups excluding carboxylic acids is 4. The highest BCUT2D eigenvalue weighted by Crippen LogP contribution is 2.32. The van der Waals surface area contributed by atoms with Crippen molar-refractivity contribution in [2.24, 2.45) is 0 Å². The minimum atomic E-state index is -0.728. The molecule has 2 aromatic carbocycles. The van der Waals surface area contributed by atoms with Crippen molar-refractivity contribution in [1.29, 1.82) is 0 Å². The summed E-state index contributed by atoms with van der Waals surface area (Å²) in [4.78, 5) is 51.4. The summed E-state index contributed by atoms with van der Waals surface area (Å²) in [7, 11) is 0. The molecule has 1 atom stereocenters. The number of esters is 1. The molecule has 0 aromatic heterocycles. The summed E-state index contributed by atoms with van der Waals surface area (Å²) < 4.78 is 5.36. The lowest BCUT2D eigenvalue weighted by molar-refractivity contribution is -0.129. The van der Waals surface area contributed by atoms with Crippen LogP contribution in [0, 0.1) is 13.8 Å². The van der Waals surface area contributed by atoms with E-state index in [-0.39, 0.29) is 22.5 Å². The van der Waals surface area contributed by atoms with Gasteiger partial charge in [-0.2, -0.15) is 0 Å². The second-order valence-electron chi connectivity index (χ2n) is 7.60. The van der Waals surface area contributed by atoms with Gasteiger partial charge in [0, 0.05) is 6.42 Å². The number of nitrogens with zero attached hydrogens (tertiary/aromatic N) is 1. The Morgan fingerprint density at radius 1 is 0.966 bits per heavy atom. The van der Waals surface area contributed by atoms with Gasteiger partial charge in [0.25, 0.3) is 11.8 Å². The predicted octanol–water partition coefficient (Wildman–Crippen LogP) is 3.77. The van der Waals surface area contributed by atoms with Crippen LogP contribution in [0.1, 0.15) is 67.9 Å². The SMILES string of the molecule is Cc1ccc(C)c(N2C(=O)c3ccc(C(=O)O[C@H]4CCCCC4=O)cc3C2=O)c1. The van der Waals surface area contributed by atoms with Gasteiger partial charge >= 0.3 is 5.97 Å². The number of ether oxygens (including phenoxy) is 1. The molecule has 6 nitrogen and oxygen atoms in total. The third-order valence-corrected chi connectivity index (χ3v) is 5.48. The standard InChI is InChI=1S/C23H21NO5/c1-13-7-8-14(2)18(11-13)24-21(26)16-10-9-15(12-17(16)22(24)27)23(28)29-20-6-4-3-5-19(20)25/h7-12,20H,3-6H2,1-2H3/t20-/m0/s1. The Labute approximate surface area is 168 Å². The molecule has 6 heteroatoms. The van der Waals surface area contributed by atoms with Gasteiger partial charge in [-0.3, -0.25) is 14.4 Å². The smallest absolute Gasteiger partial charge is 0.338 e. The van der Waals surface area contributed by atoms with Crippen molar-refractivity contribution in [1.82, 2.24) is 0 Å². The average Bonchev–Trinajstić information content (AvgIpc) is 2.95. The molecule has 2 amide bonds. The molecule has 2 aliphatic rings. The molecular weight excluding hydrogens is 370 g/mol. The number of rotatable bonds is 3. The maximum atomic E-state index is 13.0. The van der Waals surface area contributed by atoms with Crippen LogP contribution in [-0.2, 0) is 9.53 Å². The Morgan fingerprint density at radius 3 is 2.48 bits per heavy atom. The highest BCUT2D eigenvalue weighted by molar-refractivity contribution is 6.35. The second kappa shape index (κ2) is 7.28. The predicted molar refractivity (Wildman–Crippen MR) is 106 cm³/mol. The Kier molecular flexibility index (Phi) is 4.78. The number of fused-ring (bicyclic) bond motifs is 1. The first kappa shape index (κ1) is 19.1. The van der Waals surface area contributed by atoms with E-state index in [0.29, 0.717) is 18.5 Å². The lowest BCUT2D eigenvalue weighted by atomic mass is 9.96. The summed E-state index contributed by atoms with van der Waals surface area (Å²) in [6.45, 7) is 3.73. The third-order valence-electron chi connectivity index (χ3n) is 5.48.